The van der Waals surface area contributed by atoms with Gasteiger partial charge in [0.05, 0.1) is 17.8 Å². The summed E-state index contributed by atoms with van der Waals surface area (Å²) < 4.78 is 0. The van der Waals surface area contributed by atoms with Crippen molar-refractivity contribution in [1.82, 2.24) is 15.1 Å². The summed E-state index contributed by atoms with van der Waals surface area (Å²) in [5.74, 6) is 0. The van der Waals surface area contributed by atoms with Crippen molar-refractivity contribution in [3.05, 3.63) is 47.9 Å². The Morgan fingerprint density at radius 1 is 1.09 bits per heavy atom. The summed E-state index contributed by atoms with van der Waals surface area (Å²) in [7, 11) is 0. The van der Waals surface area contributed by atoms with Gasteiger partial charge >= 0.3 is 0 Å². The van der Waals surface area contributed by atoms with Gasteiger partial charge in [-0.2, -0.15) is 0 Å². The summed E-state index contributed by atoms with van der Waals surface area (Å²) in [5.41, 5.74) is 3.05. The second kappa shape index (κ2) is 5.52. The number of hydrogen-bond donors (Lipinski definition) is 1. The Hall–Kier alpha value is -1.00. The van der Waals surface area contributed by atoms with Gasteiger partial charge in [-0.05, 0) is 44.6 Å². The van der Waals surface area contributed by atoms with Crippen LogP contribution >= 0.6 is 15.9 Å². The molecule has 5 atom stereocenters. The Balaban J connectivity index is 1.54. The molecule has 3 aliphatic carbocycles. The zero-order chi connectivity index (χ0) is 15.4. The van der Waals surface area contributed by atoms with Gasteiger partial charge in [0, 0.05) is 16.6 Å². The van der Waals surface area contributed by atoms with Gasteiger partial charge in [0.15, 0.2) is 6.29 Å². The summed E-state index contributed by atoms with van der Waals surface area (Å²) in [4.78, 5) is 5.98. The molecular formula is C19H24BrN3. The highest BCUT2D eigenvalue weighted by Crippen LogP contribution is 2.44. The first kappa shape index (κ1) is 14.4. The Kier molecular flexibility index (Phi) is 3.45. The number of halogens is 1. The van der Waals surface area contributed by atoms with E-state index in [1.807, 2.05) is 0 Å². The topological polar surface area (TPSA) is 18.5 Å². The Morgan fingerprint density at radius 2 is 2.04 bits per heavy atom. The van der Waals surface area contributed by atoms with Crippen LogP contribution < -0.4 is 5.32 Å². The third-order valence-corrected chi connectivity index (χ3v) is 6.67. The fraction of sp³-hybridized carbons (Fsp3) is 0.579. The molecule has 0 saturated carbocycles. The van der Waals surface area contributed by atoms with Crippen LogP contribution in [0.1, 0.15) is 38.5 Å². The van der Waals surface area contributed by atoms with Crippen LogP contribution in [0.3, 0.4) is 0 Å². The van der Waals surface area contributed by atoms with E-state index in [2.05, 4.69) is 67.5 Å². The van der Waals surface area contributed by atoms with Crippen molar-refractivity contribution in [3.63, 3.8) is 0 Å². The first-order valence-electron chi connectivity index (χ1n) is 9.03. The highest BCUT2D eigenvalue weighted by Gasteiger charge is 2.50. The van der Waals surface area contributed by atoms with E-state index in [0.29, 0.717) is 29.2 Å². The summed E-state index contributed by atoms with van der Waals surface area (Å²) >= 11 is 3.84. The van der Waals surface area contributed by atoms with Crippen molar-refractivity contribution >= 4 is 15.9 Å². The van der Waals surface area contributed by atoms with Crippen molar-refractivity contribution < 1.29 is 0 Å². The van der Waals surface area contributed by atoms with Gasteiger partial charge in [0.1, 0.15) is 0 Å². The van der Waals surface area contributed by atoms with E-state index in [-0.39, 0.29) is 0 Å². The van der Waals surface area contributed by atoms with Crippen LogP contribution in [-0.4, -0.2) is 39.0 Å². The molecule has 0 amide bonds. The van der Waals surface area contributed by atoms with Crippen molar-refractivity contribution in [2.75, 3.05) is 0 Å². The minimum Gasteiger partial charge on any atom is -0.334 e. The number of hydrogen-bond acceptors (Lipinski definition) is 3. The van der Waals surface area contributed by atoms with Crippen LogP contribution in [0, 0.1) is 0 Å². The fourth-order valence-corrected chi connectivity index (χ4v) is 5.55. The predicted octanol–water partition coefficient (Wildman–Crippen LogP) is 3.62. The molecule has 5 aliphatic rings. The van der Waals surface area contributed by atoms with Crippen LogP contribution in [0.2, 0.25) is 0 Å². The molecule has 1 fully saturated rings. The molecule has 122 valence electrons. The van der Waals surface area contributed by atoms with Crippen LogP contribution in [0.15, 0.2) is 47.9 Å². The van der Waals surface area contributed by atoms with Crippen LogP contribution in [0.5, 0.6) is 0 Å². The molecule has 1 saturated heterocycles. The molecule has 5 unspecified atom stereocenters. The second-order valence-corrected chi connectivity index (χ2v) is 8.59. The zero-order valence-corrected chi connectivity index (χ0v) is 15.0. The quantitative estimate of drug-likeness (QED) is 0.559. The van der Waals surface area contributed by atoms with E-state index in [4.69, 9.17) is 0 Å². The molecule has 2 heterocycles. The minimum atomic E-state index is 0.341. The van der Waals surface area contributed by atoms with E-state index in [1.54, 1.807) is 5.70 Å². The number of nitrogens with zero attached hydrogens (tertiary/aromatic N) is 2. The van der Waals surface area contributed by atoms with Gasteiger partial charge in [-0.25, -0.2) is 0 Å². The smallest absolute Gasteiger partial charge is 0.159 e. The van der Waals surface area contributed by atoms with Gasteiger partial charge < -0.3 is 9.80 Å². The molecule has 0 bridgehead atoms. The molecule has 0 radical (unpaired) electrons. The monoisotopic (exact) mass is 373 g/mol. The maximum atomic E-state index is 3.91. The van der Waals surface area contributed by atoms with E-state index in [9.17, 15) is 0 Å². The van der Waals surface area contributed by atoms with Gasteiger partial charge in [0.2, 0.25) is 0 Å². The molecule has 0 spiro atoms. The number of fused-ring (bicyclic) bond motifs is 4. The van der Waals surface area contributed by atoms with E-state index in [1.165, 1.54) is 37.8 Å². The first-order valence-corrected chi connectivity index (χ1v) is 9.94. The molecule has 1 N–H and O–H groups in total. The normalized spacial score (nSPS) is 41.3. The van der Waals surface area contributed by atoms with Gasteiger partial charge in [-0.3, -0.25) is 5.32 Å². The lowest BCUT2D eigenvalue weighted by molar-refractivity contribution is 0.110. The molecule has 3 nitrogen and oxygen atoms in total. The molecule has 23 heavy (non-hydrogen) atoms. The Bertz CT molecular complexity index is 620. The van der Waals surface area contributed by atoms with E-state index >= 15 is 0 Å². The average Bonchev–Trinajstić information content (AvgIpc) is 3.09. The molecule has 4 heteroatoms. The van der Waals surface area contributed by atoms with Crippen molar-refractivity contribution in [2.24, 2.45) is 0 Å². The second-order valence-electron chi connectivity index (χ2n) is 7.29. The fourth-order valence-electron chi connectivity index (χ4n) is 4.95. The standard InChI is InChI=1S/C19H24BrN3/c20-13-6-5-7-14(12-13)22-17-10-3-4-11-18(17)23-16-9-2-1-8-15(16)21-19(22)23/h1,4-5,7-8,11,13-16,19,21H,2-3,6,9-10,12H2. The Labute approximate surface area is 146 Å². The van der Waals surface area contributed by atoms with Crippen molar-refractivity contribution in [1.29, 1.82) is 0 Å². The number of rotatable bonds is 1. The molecule has 0 aromatic carbocycles. The van der Waals surface area contributed by atoms with Crippen molar-refractivity contribution in [2.45, 2.75) is 67.8 Å². The predicted molar refractivity (Wildman–Crippen MR) is 96.8 cm³/mol. The van der Waals surface area contributed by atoms with Crippen LogP contribution in [0.4, 0.5) is 0 Å². The lowest BCUT2D eigenvalue weighted by Crippen LogP contribution is -2.50. The minimum absolute atomic E-state index is 0.341. The van der Waals surface area contributed by atoms with Crippen LogP contribution in [0.25, 0.3) is 0 Å². The lowest BCUT2D eigenvalue weighted by atomic mass is 9.96. The number of nitrogens with one attached hydrogen (secondary N) is 1. The highest BCUT2D eigenvalue weighted by atomic mass is 79.9. The van der Waals surface area contributed by atoms with Crippen LogP contribution in [-0.2, 0) is 0 Å². The van der Waals surface area contributed by atoms with E-state index in [0.717, 1.165) is 6.42 Å². The zero-order valence-electron chi connectivity index (χ0n) is 13.4. The summed E-state index contributed by atoms with van der Waals surface area (Å²) in [6.07, 6.45) is 21.8. The van der Waals surface area contributed by atoms with E-state index < -0.39 is 0 Å². The summed E-state index contributed by atoms with van der Waals surface area (Å²) in [5, 5.41) is 3.91. The summed E-state index contributed by atoms with van der Waals surface area (Å²) in [6, 6.07) is 1.64. The third kappa shape index (κ3) is 2.18. The maximum absolute atomic E-state index is 3.91. The molecule has 0 aromatic heterocycles. The highest BCUT2D eigenvalue weighted by molar-refractivity contribution is 9.09. The van der Waals surface area contributed by atoms with Gasteiger partial charge in [-0.1, -0.05) is 46.3 Å². The maximum Gasteiger partial charge on any atom is 0.159 e. The number of allylic oxidation sites excluding steroid dienone is 5. The number of alkyl halides is 1. The molecule has 5 rings (SSSR count). The van der Waals surface area contributed by atoms with Crippen molar-refractivity contribution in [3.8, 4) is 0 Å². The molecule has 2 aliphatic heterocycles. The summed E-state index contributed by atoms with van der Waals surface area (Å²) in [6.45, 7) is 0. The van der Waals surface area contributed by atoms with Gasteiger partial charge in [-0.15, -0.1) is 0 Å². The van der Waals surface area contributed by atoms with Gasteiger partial charge in [0.25, 0.3) is 0 Å². The lowest BCUT2D eigenvalue weighted by Gasteiger charge is -2.38. The largest absolute Gasteiger partial charge is 0.334 e. The average molecular weight is 374 g/mol. The molecular weight excluding hydrogens is 350 g/mol. The third-order valence-electron chi connectivity index (χ3n) is 5.93. The molecule has 0 aromatic rings. The SMILES string of the molecule is BrC1CC=CC(N2C3=C(C=CCC3)N3C4CCC=CC4NC23)C1. The Morgan fingerprint density at radius 3 is 2.96 bits per heavy atom. The first-order chi connectivity index (χ1) is 11.3.